The van der Waals surface area contributed by atoms with E-state index in [1.165, 1.54) is 11.1 Å². The van der Waals surface area contributed by atoms with Crippen LogP contribution in [0.2, 0.25) is 0 Å². The third-order valence-corrected chi connectivity index (χ3v) is 3.76. The molecule has 1 aliphatic rings. The Morgan fingerprint density at radius 3 is 2.12 bits per heavy atom. The van der Waals surface area contributed by atoms with Crippen molar-refractivity contribution in [3.05, 3.63) is 47.5 Å². The van der Waals surface area contributed by atoms with Crippen molar-refractivity contribution in [3.8, 4) is 0 Å². The minimum absolute atomic E-state index is 0.176. The number of benzene rings is 1. The lowest BCUT2D eigenvalue weighted by Crippen LogP contribution is -2.32. The van der Waals surface area contributed by atoms with Crippen LogP contribution in [-0.2, 0) is 5.41 Å². The fraction of sp³-hybridized carbons (Fsp3) is 0.467. The van der Waals surface area contributed by atoms with Crippen LogP contribution in [0.4, 0.5) is 0 Å². The van der Waals surface area contributed by atoms with Crippen molar-refractivity contribution in [3.63, 3.8) is 0 Å². The molecule has 0 aliphatic heterocycles. The van der Waals surface area contributed by atoms with E-state index in [0.717, 1.165) is 19.4 Å². The Labute approximate surface area is 98.4 Å². The molecule has 1 heteroatoms. The predicted molar refractivity (Wildman–Crippen MR) is 69.6 cm³/mol. The maximum absolute atomic E-state index is 5.96. The SMILES string of the molecule is CC(C)c1ccc(C2(CN)CC=CC2)cc1. The number of hydrogen-bond acceptors (Lipinski definition) is 1. The first-order valence-corrected chi connectivity index (χ1v) is 6.13. The second kappa shape index (κ2) is 4.42. The zero-order valence-electron chi connectivity index (χ0n) is 10.2. The van der Waals surface area contributed by atoms with Crippen molar-refractivity contribution < 1.29 is 0 Å². The monoisotopic (exact) mass is 215 g/mol. The van der Waals surface area contributed by atoms with Crippen LogP contribution in [0.5, 0.6) is 0 Å². The van der Waals surface area contributed by atoms with Crippen LogP contribution in [-0.4, -0.2) is 6.54 Å². The van der Waals surface area contributed by atoms with Gasteiger partial charge in [0.2, 0.25) is 0 Å². The zero-order valence-corrected chi connectivity index (χ0v) is 10.2. The fourth-order valence-corrected chi connectivity index (χ4v) is 2.44. The van der Waals surface area contributed by atoms with Crippen LogP contribution < -0.4 is 5.73 Å². The molecule has 0 atom stereocenters. The molecule has 86 valence electrons. The molecule has 0 saturated carbocycles. The Bertz CT molecular complexity index is 365. The average molecular weight is 215 g/mol. The molecular formula is C15H21N. The van der Waals surface area contributed by atoms with Crippen LogP contribution in [0, 0.1) is 0 Å². The molecule has 0 amide bonds. The zero-order chi connectivity index (χ0) is 11.6. The van der Waals surface area contributed by atoms with Crippen molar-refractivity contribution in [2.24, 2.45) is 5.73 Å². The first kappa shape index (κ1) is 11.4. The molecule has 2 rings (SSSR count). The van der Waals surface area contributed by atoms with Crippen molar-refractivity contribution in [2.75, 3.05) is 6.54 Å². The first-order valence-electron chi connectivity index (χ1n) is 6.13. The lowest BCUT2D eigenvalue weighted by Gasteiger charge is -2.28. The summed E-state index contributed by atoms with van der Waals surface area (Å²) in [6, 6.07) is 9.01. The standard InChI is InChI=1S/C15H21N/c1-12(2)13-5-7-14(8-6-13)15(11-16)9-3-4-10-15/h3-8,12H,9-11,16H2,1-2H3. The number of hydrogen-bond donors (Lipinski definition) is 1. The third kappa shape index (κ3) is 1.92. The Hall–Kier alpha value is -1.08. The normalized spacial score (nSPS) is 18.2. The highest BCUT2D eigenvalue weighted by Crippen LogP contribution is 2.36. The van der Waals surface area contributed by atoms with Crippen molar-refractivity contribution in [2.45, 2.75) is 38.0 Å². The van der Waals surface area contributed by atoms with Gasteiger partial charge in [-0.05, 0) is 29.9 Å². The maximum Gasteiger partial charge on any atom is 0.0144 e. The minimum atomic E-state index is 0.176. The highest BCUT2D eigenvalue weighted by molar-refractivity contribution is 5.34. The molecular weight excluding hydrogens is 194 g/mol. The molecule has 1 aromatic carbocycles. The first-order chi connectivity index (χ1) is 7.68. The average Bonchev–Trinajstić information content (AvgIpc) is 2.79. The molecule has 0 radical (unpaired) electrons. The summed E-state index contributed by atoms with van der Waals surface area (Å²) in [6.45, 7) is 5.19. The topological polar surface area (TPSA) is 26.0 Å². The van der Waals surface area contributed by atoms with E-state index in [1.54, 1.807) is 0 Å². The van der Waals surface area contributed by atoms with Gasteiger partial charge in [-0.2, -0.15) is 0 Å². The second-order valence-electron chi connectivity index (χ2n) is 5.14. The summed E-state index contributed by atoms with van der Waals surface area (Å²) in [5, 5.41) is 0. The Kier molecular flexibility index (Phi) is 3.15. The van der Waals surface area contributed by atoms with Gasteiger partial charge in [0, 0.05) is 12.0 Å². The van der Waals surface area contributed by atoms with E-state index in [-0.39, 0.29) is 5.41 Å². The quantitative estimate of drug-likeness (QED) is 0.769. The predicted octanol–water partition coefficient (Wildman–Crippen LogP) is 3.36. The summed E-state index contributed by atoms with van der Waals surface area (Å²) in [5.74, 6) is 0.601. The number of rotatable bonds is 3. The van der Waals surface area contributed by atoms with E-state index >= 15 is 0 Å². The van der Waals surface area contributed by atoms with Crippen LogP contribution >= 0.6 is 0 Å². The Morgan fingerprint density at radius 2 is 1.69 bits per heavy atom. The molecule has 0 spiro atoms. The molecule has 0 saturated heterocycles. The summed E-state index contributed by atoms with van der Waals surface area (Å²) in [5.41, 5.74) is 8.93. The third-order valence-electron chi connectivity index (χ3n) is 3.76. The van der Waals surface area contributed by atoms with Gasteiger partial charge in [-0.3, -0.25) is 0 Å². The molecule has 0 fully saturated rings. The summed E-state index contributed by atoms with van der Waals surface area (Å²) in [7, 11) is 0. The molecule has 1 aromatic rings. The Morgan fingerprint density at radius 1 is 1.12 bits per heavy atom. The molecule has 0 unspecified atom stereocenters. The fourth-order valence-electron chi connectivity index (χ4n) is 2.44. The maximum atomic E-state index is 5.96. The van der Waals surface area contributed by atoms with Crippen LogP contribution in [0.1, 0.15) is 43.7 Å². The van der Waals surface area contributed by atoms with Crippen molar-refractivity contribution in [1.29, 1.82) is 0 Å². The van der Waals surface area contributed by atoms with E-state index in [4.69, 9.17) is 5.73 Å². The van der Waals surface area contributed by atoms with Gasteiger partial charge in [0.1, 0.15) is 0 Å². The molecule has 0 heterocycles. The molecule has 0 aromatic heterocycles. The number of allylic oxidation sites excluding steroid dienone is 2. The van der Waals surface area contributed by atoms with Crippen LogP contribution in [0.25, 0.3) is 0 Å². The van der Waals surface area contributed by atoms with Gasteiger partial charge in [-0.25, -0.2) is 0 Å². The van der Waals surface area contributed by atoms with E-state index in [0.29, 0.717) is 5.92 Å². The molecule has 2 N–H and O–H groups in total. The molecule has 16 heavy (non-hydrogen) atoms. The van der Waals surface area contributed by atoms with E-state index in [2.05, 4.69) is 50.3 Å². The van der Waals surface area contributed by atoms with Gasteiger partial charge < -0.3 is 5.73 Å². The van der Waals surface area contributed by atoms with Gasteiger partial charge in [0.25, 0.3) is 0 Å². The summed E-state index contributed by atoms with van der Waals surface area (Å²) >= 11 is 0. The summed E-state index contributed by atoms with van der Waals surface area (Å²) in [4.78, 5) is 0. The Balaban J connectivity index is 2.27. The lowest BCUT2D eigenvalue weighted by molar-refractivity contribution is 0.470. The lowest BCUT2D eigenvalue weighted by atomic mass is 9.78. The molecule has 1 nitrogen and oxygen atoms in total. The van der Waals surface area contributed by atoms with Crippen molar-refractivity contribution in [1.82, 2.24) is 0 Å². The summed E-state index contributed by atoms with van der Waals surface area (Å²) in [6.07, 6.45) is 6.68. The molecule has 0 bridgehead atoms. The van der Waals surface area contributed by atoms with Gasteiger partial charge in [0.05, 0.1) is 0 Å². The van der Waals surface area contributed by atoms with Crippen LogP contribution in [0.3, 0.4) is 0 Å². The van der Waals surface area contributed by atoms with Crippen LogP contribution in [0.15, 0.2) is 36.4 Å². The minimum Gasteiger partial charge on any atom is -0.330 e. The van der Waals surface area contributed by atoms with Gasteiger partial charge in [-0.15, -0.1) is 0 Å². The van der Waals surface area contributed by atoms with E-state index in [1.807, 2.05) is 0 Å². The van der Waals surface area contributed by atoms with Gasteiger partial charge in [0.15, 0.2) is 0 Å². The highest BCUT2D eigenvalue weighted by Gasteiger charge is 2.31. The largest absolute Gasteiger partial charge is 0.330 e. The smallest absolute Gasteiger partial charge is 0.0144 e. The van der Waals surface area contributed by atoms with E-state index < -0.39 is 0 Å². The van der Waals surface area contributed by atoms with Crippen molar-refractivity contribution >= 4 is 0 Å². The second-order valence-corrected chi connectivity index (χ2v) is 5.14. The van der Waals surface area contributed by atoms with Gasteiger partial charge >= 0.3 is 0 Å². The van der Waals surface area contributed by atoms with E-state index in [9.17, 15) is 0 Å². The number of nitrogens with two attached hydrogens (primary N) is 1. The van der Waals surface area contributed by atoms with Gasteiger partial charge in [-0.1, -0.05) is 50.3 Å². The summed E-state index contributed by atoms with van der Waals surface area (Å²) < 4.78 is 0. The molecule has 1 aliphatic carbocycles. The highest BCUT2D eigenvalue weighted by atomic mass is 14.6.